The van der Waals surface area contributed by atoms with Crippen LogP contribution in [0, 0.1) is 5.92 Å². The molecule has 0 bridgehead atoms. The molecule has 0 unspecified atom stereocenters. The third-order valence-corrected chi connectivity index (χ3v) is 6.30. The summed E-state index contributed by atoms with van der Waals surface area (Å²) in [6, 6.07) is 17.0. The fraction of sp³-hybridized carbons (Fsp3) is 0.375. The second kappa shape index (κ2) is 8.30. The number of nitrogens with zero attached hydrogens (tertiary/aromatic N) is 1. The molecule has 6 nitrogen and oxygen atoms in total. The van der Waals surface area contributed by atoms with Gasteiger partial charge in [-0.1, -0.05) is 61.7 Å². The molecule has 1 atom stereocenters. The van der Waals surface area contributed by atoms with Crippen LogP contribution in [0.15, 0.2) is 54.6 Å². The first-order valence-electron chi connectivity index (χ1n) is 10.6. The SMILES string of the molecule is C[C@]1(C2CCCCC2)NC(=O)N(CC(=O)Nc2ccc(-c3ccccc3)cc2)C1=O. The van der Waals surface area contributed by atoms with Crippen LogP contribution in [0.2, 0.25) is 0 Å². The smallest absolute Gasteiger partial charge is 0.325 e. The highest BCUT2D eigenvalue weighted by Crippen LogP contribution is 2.36. The molecule has 2 aromatic rings. The molecule has 2 aromatic carbocycles. The molecule has 2 aliphatic rings. The van der Waals surface area contributed by atoms with Gasteiger partial charge in [-0.3, -0.25) is 14.5 Å². The number of urea groups is 1. The third-order valence-electron chi connectivity index (χ3n) is 6.30. The molecule has 156 valence electrons. The lowest BCUT2D eigenvalue weighted by Crippen LogP contribution is -2.51. The van der Waals surface area contributed by atoms with Crippen molar-refractivity contribution in [1.29, 1.82) is 0 Å². The average Bonchev–Trinajstić information content (AvgIpc) is 2.99. The first-order chi connectivity index (χ1) is 14.5. The summed E-state index contributed by atoms with van der Waals surface area (Å²) < 4.78 is 0. The van der Waals surface area contributed by atoms with Gasteiger partial charge in [-0.2, -0.15) is 0 Å². The predicted octanol–water partition coefficient (Wildman–Crippen LogP) is 4.18. The summed E-state index contributed by atoms with van der Waals surface area (Å²) in [5, 5.41) is 5.63. The Morgan fingerprint density at radius 3 is 2.30 bits per heavy atom. The normalized spacial score (nSPS) is 22.1. The molecule has 2 N–H and O–H groups in total. The van der Waals surface area contributed by atoms with Crippen LogP contribution in [0.25, 0.3) is 11.1 Å². The van der Waals surface area contributed by atoms with Crippen molar-refractivity contribution < 1.29 is 14.4 Å². The maximum absolute atomic E-state index is 13.0. The third kappa shape index (κ3) is 3.95. The Morgan fingerprint density at radius 1 is 1.00 bits per heavy atom. The molecule has 1 aliphatic carbocycles. The molecule has 0 aromatic heterocycles. The number of carbonyl (C=O) groups is 3. The minimum Gasteiger partial charge on any atom is -0.325 e. The minimum atomic E-state index is -0.908. The fourth-order valence-electron chi connectivity index (χ4n) is 4.54. The van der Waals surface area contributed by atoms with E-state index in [1.807, 2.05) is 54.6 Å². The summed E-state index contributed by atoms with van der Waals surface area (Å²) in [6.07, 6.45) is 5.17. The van der Waals surface area contributed by atoms with Gasteiger partial charge in [0.25, 0.3) is 5.91 Å². The minimum absolute atomic E-state index is 0.126. The standard InChI is InChI=1S/C24H27N3O3/c1-24(19-10-6-3-7-11-19)22(29)27(23(30)26-24)16-21(28)25-20-14-12-18(13-15-20)17-8-4-2-5-9-17/h2,4-5,8-9,12-15,19H,3,6-7,10-11,16H2,1H3,(H,25,28)(H,26,30)/t24-/m1/s1. The number of carbonyl (C=O) groups excluding carboxylic acids is 3. The molecule has 30 heavy (non-hydrogen) atoms. The monoisotopic (exact) mass is 405 g/mol. The van der Waals surface area contributed by atoms with Crippen LogP contribution in [0.5, 0.6) is 0 Å². The van der Waals surface area contributed by atoms with Crippen molar-refractivity contribution in [2.45, 2.75) is 44.6 Å². The van der Waals surface area contributed by atoms with Gasteiger partial charge in [0.05, 0.1) is 0 Å². The van der Waals surface area contributed by atoms with E-state index in [9.17, 15) is 14.4 Å². The molecule has 4 amide bonds. The lowest BCUT2D eigenvalue weighted by molar-refractivity contribution is -0.135. The van der Waals surface area contributed by atoms with Gasteiger partial charge in [-0.25, -0.2) is 4.79 Å². The Morgan fingerprint density at radius 2 is 1.63 bits per heavy atom. The Labute approximate surface area is 176 Å². The van der Waals surface area contributed by atoms with Crippen LogP contribution >= 0.6 is 0 Å². The average molecular weight is 405 g/mol. The zero-order chi connectivity index (χ0) is 21.1. The van der Waals surface area contributed by atoms with Crippen LogP contribution in [-0.2, 0) is 9.59 Å². The second-order valence-electron chi connectivity index (χ2n) is 8.35. The number of hydrogen-bond acceptors (Lipinski definition) is 3. The predicted molar refractivity (Wildman–Crippen MR) is 116 cm³/mol. The number of hydrogen-bond donors (Lipinski definition) is 2. The largest absolute Gasteiger partial charge is 0.325 e. The molecule has 0 spiro atoms. The summed E-state index contributed by atoms with van der Waals surface area (Å²) >= 11 is 0. The van der Waals surface area contributed by atoms with Crippen LogP contribution in [0.4, 0.5) is 10.5 Å². The lowest BCUT2D eigenvalue weighted by Gasteiger charge is -2.34. The zero-order valence-electron chi connectivity index (χ0n) is 17.2. The fourth-order valence-corrected chi connectivity index (χ4v) is 4.54. The highest BCUT2D eigenvalue weighted by molar-refractivity contribution is 6.10. The summed E-state index contributed by atoms with van der Waals surface area (Å²) in [4.78, 5) is 39.0. The quantitative estimate of drug-likeness (QED) is 0.733. The van der Waals surface area contributed by atoms with Gasteiger partial charge >= 0.3 is 6.03 Å². The van der Waals surface area contributed by atoms with E-state index in [2.05, 4.69) is 10.6 Å². The Balaban J connectivity index is 1.39. The Bertz CT molecular complexity index is 936. The van der Waals surface area contributed by atoms with E-state index < -0.39 is 11.6 Å². The molecule has 2 fully saturated rings. The maximum Gasteiger partial charge on any atom is 0.325 e. The van der Waals surface area contributed by atoms with Gasteiger partial charge in [0.15, 0.2) is 0 Å². The molecule has 1 saturated carbocycles. The highest BCUT2D eigenvalue weighted by atomic mass is 16.2. The lowest BCUT2D eigenvalue weighted by atomic mass is 9.75. The molecule has 6 heteroatoms. The van der Waals surface area contributed by atoms with E-state index >= 15 is 0 Å². The van der Waals surface area contributed by atoms with Crippen molar-refractivity contribution in [2.24, 2.45) is 5.92 Å². The first kappa shape index (κ1) is 20.1. The molecule has 1 heterocycles. The van der Waals surface area contributed by atoms with Crippen molar-refractivity contribution in [3.8, 4) is 11.1 Å². The number of nitrogens with one attached hydrogen (secondary N) is 2. The molecule has 4 rings (SSSR count). The van der Waals surface area contributed by atoms with Crippen molar-refractivity contribution >= 4 is 23.5 Å². The molecular weight excluding hydrogens is 378 g/mol. The number of imide groups is 1. The molecule has 1 aliphatic heterocycles. The van der Waals surface area contributed by atoms with Gasteiger partial charge in [-0.15, -0.1) is 0 Å². The Kier molecular flexibility index (Phi) is 5.57. The number of rotatable bonds is 5. The van der Waals surface area contributed by atoms with Crippen LogP contribution in [-0.4, -0.2) is 34.8 Å². The van der Waals surface area contributed by atoms with E-state index in [4.69, 9.17) is 0 Å². The summed E-state index contributed by atoms with van der Waals surface area (Å²) in [6.45, 7) is 1.51. The van der Waals surface area contributed by atoms with E-state index in [-0.39, 0.29) is 24.3 Å². The van der Waals surface area contributed by atoms with Crippen molar-refractivity contribution in [3.05, 3.63) is 54.6 Å². The number of amides is 4. The molecule has 1 saturated heterocycles. The summed E-state index contributed by atoms with van der Waals surface area (Å²) in [5.41, 5.74) is 1.86. The zero-order valence-corrected chi connectivity index (χ0v) is 17.2. The van der Waals surface area contributed by atoms with E-state index in [1.54, 1.807) is 6.92 Å². The van der Waals surface area contributed by atoms with Gasteiger partial charge in [0.2, 0.25) is 5.91 Å². The van der Waals surface area contributed by atoms with Crippen molar-refractivity contribution in [2.75, 3.05) is 11.9 Å². The van der Waals surface area contributed by atoms with Crippen LogP contribution < -0.4 is 10.6 Å². The van der Waals surface area contributed by atoms with E-state index in [1.165, 1.54) is 6.42 Å². The van der Waals surface area contributed by atoms with Gasteiger partial charge in [0.1, 0.15) is 12.1 Å². The van der Waals surface area contributed by atoms with Crippen molar-refractivity contribution in [3.63, 3.8) is 0 Å². The molecular formula is C24H27N3O3. The molecule has 0 radical (unpaired) electrons. The number of benzene rings is 2. The van der Waals surface area contributed by atoms with Gasteiger partial charge in [-0.05, 0) is 48.9 Å². The summed E-state index contributed by atoms with van der Waals surface area (Å²) in [5.74, 6) is -0.561. The van der Waals surface area contributed by atoms with Crippen LogP contribution in [0.1, 0.15) is 39.0 Å². The Hall–Kier alpha value is -3.15. The topological polar surface area (TPSA) is 78.5 Å². The number of anilines is 1. The van der Waals surface area contributed by atoms with E-state index in [0.717, 1.165) is 41.7 Å². The maximum atomic E-state index is 13.0. The van der Waals surface area contributed by atoms with Gasteiger partial charge < -0.3 is 10.6 Å². The van der Waals surface area contributed by atoms with E-state index in [0.29, 0.717) is 5.69 Å². The highest BCUT2D eigenvalue weighted by Gasteiger charge is 2.52. The summed E-state index contributed by atoms with van der Waals surface area (Å²) in [7, 11) is 0. The van der Waals surface area contributed by atoms with Crippen molar-refractivity contribution in [1.82, 2.24) is 10.2 Å². The van der Waals surface area contributed by atoms with Gasteiger partial charge in [0, 0.05) is 5.69 Å². The first-order valence-corrected chi connectivity index (χ1v) is 10.6. The van der Waals surface area contributed by atoms with Crippen LogP contribution in [0.3, 0.4) is 0 Å². The second-order valence-corrected chi connectivity index (χ2v) is 8.35.